The Bertz CT molecular complexity index is 1320. The van der Waals surface area contributed by atoms with Gasteiger partial charge >= 0.3 is 0 Å². The Balaban J connectivity index is 1.46. The molecule has 1 aliphatic rings. The molecule has 0 unspecified atom stereocenters. The van der Waals surface area contributed by atoms with Crippen LogP contribution in [0.15, 0.2) is 58.3 Å². The number of unbranched alkanes of at least 4 members (excludes halogenated alkanes) is 1. The molecule has 0 spiro atoms. The van der Waals surface area contributed by atoms with E-state index in [2.05, 4.69) is 56.8 Å². The zero-order valence-corrected chi connectivity index (χ0v) is 17.8. The van der Waals surface area contributed by atoms with E-state index in [0.717, 1.165) is 52.8 Å². The first-order valence-corrected chi connectivity index (χ1v) is 10.8. The molecule has 8 nitrogen and oxygen atoms in total. The third kappa shape index (κ3) is 3.75. The number of benzene rings is 2. The van der Waals surface area contributed by atoms with Gasteiger partial charge in [-0.15, -0.1) is 5.10 Å². The molecule has 4 aromatic rings. The molecule has 2 aromatic heterocycles. The van der Waals surface area contributed by atoms with E-state index >= 15 is 0 Å². The molecule has 0 saturated heterocycles. The average Bonchev–Trinajstić information content (AvgIpc) is 3.53. The van der Waals surface area contributed by atoms with Crippen LogP contribution in [0.4, 0.5) is 5.95 Å². The highest BCUT2D eigenvalue weighted by Gasteiger charge is 2.18. The standard InChI is InChI=1S/C24H23N7O/c1-2-3-8-21-20(23(32)31-14-13-25-24(31)26-21)15-16-9-11-17(12-10-16)18-6-4-5-7-19(18)22-27-29-30-28-22/h4-7,9-13H,2-3,8,14-15H2,1H3,(H,27,28,29,30). The highest BCUT2D eigenvalue weighted by molar-refractivity contribution is 5.80. The predicted octanol–water partition coefficient (Wildman–Crippen LogP) is 3.74. The highest BCUT2D eigenvalue weighted by Crippen LogP contribution is 2.30. The average molecular weight is 425 g/mol. The van der Waals surface area contributed by atoms with Gasteiger partial charge in [-0.1, -0.05) is 61.9 Å². The predicted molar refractivity (Wildman–Crippen MR) is 123 cm³/mol. The van der Waals surface area contributed by atoms with Crippen molar-refractivity contribution in [2.24, 2.45) is 4.99 Å². The minimum Gasteiger partial charge on any atom is -0.271 e. The maximum atomic E-state index is 13.1. The van der Waals surface area contributed by atoms with Crippen LogP contribution in [0.2, 0.25) is 0 Å². The smallest absolute Gasteiger partial charge is 0.259 e. The first-order chi connectivity index (χ1) is 15.7. The van der Waals surface area contributed by atoms with Gasteiger partial charge in [0.2, 0.25) is 5.95 Å². The molecule has 1 N–H and O–H groups in total. The minimum absolute atomic E-state index is 0.0193. The number of tetrazole rings is 1. The second-order valence-corrected chi connectivity index (χ2v) is 7.84. The number of hydrogen-bond acceptors (Lipinski definition) is 6. The monoisotopic (exact) mass is 425 g/mol. The maximum Gasteiger partial charge on any atom is 0.259 e. The van der Waals surface area contributed by atoms with E-state index < -0.39 is 0 Å². The van der Waals surface area contributed by atoms with Gasteiger partial charge in [-0.2, -0.15) is 0 Å². The molecular formula is C24H23N7O. The number of aromatic amines is 1. The van der Waals surface area contributed by atoms with E-state index in [1.54, 1.807) is 10.8 Å². The molecule has 0 atom stereocenters. The first-order valence-electron chi connectivity index (χ1n) is 10.8. The number of H-pyrrole nitrogens is 1. The molecule has 160 valence electrons. The van der Waals surface area contributed by atoms with Crippen molar-refractivity contribution >= 4 is 12.2 Å². The summed E-state index contributed by atoms with van der Waals surface area (Å²) in [5.41, 5.74) is 5.77. The summed E-state index contributed by atoms with van der Waals surface area (Å²) in [5, 5.41) is 14.3. The number of aromatic nitrogens is 6. The molecule has 1 aliphatic heterocycles. The summed E-state index contributed by atoms with van der Waals surface area (Å²) in [5.74, 6) is 1.16. The molecule has 2 aromatic carbocycles. The quantitative estimate of drug-likeness (QED) is 0.486. The molecule has 0 radical (unpaired) electrons. The van der Waals surface area contributed by atoms with Gasteiger partial charge in [0.05, 0.1) is 12.2 Å². The van der Waals surface area contributed by atoms with E-state index in [1.807, 2.05) is 24.3 Å². The van der Waals surface area contributed by atoms with Crippen molar-refractivity contribution in [3.63, 3.8) is 0 Å². The third-order valence-electron chi connectivity index (χ3n) is 5.74. The second kappa shape index (κ2) is 8.66. The zero-order chi connectivity index (χ0) is 21.9. The number of rotatable bonds is 7. The first kappa shape index (κ1) is 20.0. The van der Waals surface area contributed by atoms with Crippen molar-refractivity contribution in [1.82, 2.24) is 30.2 Å². The van der Waals surface area contributed by atoms with Gasteiger partial charge in [-0.05, 0) is 40.0 Å². The molecule has 32 heavy (non-hydrogen) atoms. The van der Waals surface area contributed by atoms with Gasteiger partial charge in [0, 0.05) is 23.8 Å². The fourth-order valence-corrected chi connectivity index (χ4v) is 4.04. The van der Waals surface area contributed by atoms with Crippen molar-refractivity contribution in [3.05, 3.63) is 75.7 Å². The largest absolute Gasteiger partial charge is 0.271 e. The van der Waals surface area contributed by atoms with Crippen molar-refractivity contribution in [3.8, 4) is 22.5 Å². The van der Waals surface area contributed by atoms with Crippen molar-refractivity contribution in [2.75, 3.05) is 0 Å². The molecular weight excluding hydrogens is 402 g/mol. The van der Waals surface area contributed by atoms with Crippen molar-refractivity contribution < 1.29 is 0 Å². The maximum absolute atomic E-state index is 13.1. The minimum atomic E-state index is 0.0193. The van der Waals surface area contributed by atoms with Gasteiger partial charge in [0.25, 0.3) is 5.56 Å². The highest BCUT2D eigenvalue weighted by atomic mass is 16.1. The number of nitrogens with zero attached hydrogens (tertiary/aromatic N) is 6. The number of nitrogens with one attached hydrogen (secondary N) is 1. The van der Waals surface area contributed by atoms with E-state index in [0.29, 0.717) is 24.7 Å². The van der Waals surface area contributed by atoms with Crippen LogP contribution in [0, 0.1) is 0 Å². The number of hydrogen-bond donors (Lipinski definition) is 1. The van der Waals surface area contributed by atoms with Gasteiger partial charge < -0.3 is 0 Å². The van der Waals surface area contributed by atoms with Crippen LogP contribution in [0.1, 0.15) is 36.6 Å². The lowest BCUT2D eigenvalue weighted by Gasteiger charge is -2.12. The SMILES string of the molecule is CCCCc1nc2n(c(=O)c1Cc1ccc(-c3ccccc3-c3nnn[nH]3)cc1)CC=N2. The van der Waals surface area contributed by atoms with E-state index in [4.69, 9.17) is 4.98 Å². The molecule has 0 saturated carbocycles. The van der Waals surface area contributed by atoms with Gasteiger partial charge in [-0.3, -0.25) is 9.36 Å². The van der Waals surface area contributed by atoms with Crippen LogP contribution in [0.25, 0.3) is 22.5 Å². The number of aryl methyl sites for hydroxylation is 1. The topological polar surface area (TPSA) is 102 Å². The third-order valence-corrected chi connectivity index (χ3v) is 5.74. The van der Waals surface area contributed by atoms with Crippen LogP contribution in [-0.2, 0) is 19.4 Å². The summed E-state index contributed by atoms with van der Waals surface area (Å²) < 4.78 is 1.65. The molecule has 5 rings (SSSR count). The van der Waals surface area contributed by atoms with E-state index in [9.17, 15) is 4.79 Å². The fourth-order valence-electron chi connectivity index (χ4n) is 4.04. The Labute approximate surface area is 185 Å². The summed E-state index contributed by atoms with van der Waals surface area (Å²) in [6.45, 7) is 2.64. The number of aliphatic imine (C=N–C) groups is 1. The summed E-state index contributed by atoms with van der Waals surface area (Å²) in [7, 11) is 0. The van der Waals surface area contributed by atoms with Crippen LogP contribution >= 0.6 is 0 Å². The summed E-state index contributed by atoms with van der Waals surface area (Å²) in [6.07, 6.45) is 5.14. The van der Waals surface area contributed by atoms with Crippen LogP contribution in [0.3, 0.4) is 0 Å². The molecule has 0 aliphatic carbocycles. The van der Waals surface area contributed by atoms with Gasteiger partial charge in [0.1, 0.15) is 0 Å². The molecule has 0 amide bonds. The van der Waals surface area contributed by atoms with Gasteiger partial charge in [0.15, 0.2) is 5.82 Å². The van der Waals surface area contributed by atoms with Crippen LogP contribution < -0.4 is 5.56 Å². The molecule has 0 fully saturated rings. The normalized spacial score (nSPS) is 12.3. The summed E-state index contributed by atoms with van der Waals surface area (Å²) >= 11 is 0. The Kier molecular flexibility index (Phi) is 5.41. The van der Waals surface area contributed by atoms with E-state index in [1.165, 1.54) is 0 Å². The summed E-state index contributed by atoms with van der Waals surface area (Å²) in [4.78, 5) is 22.1. The van der Waals surface area contributed by atoms with E-state index in [-0.39, 0.29) is 5.56 Å². The number of fused-ring (bicyclic) bond motifs is 1. The Hall–Kier alpha value is -3.94. The second-order valence-electron chi connectivity index (χ2n) is 7.84. The van der Waals surface area contributed by atoms with Crippen molar-refractivity contribution in [1.29, 1.82) is 0 Å². The van der Waals surface area contributed by atoms with Crippen LogP contribution in [-0.4, -0.2) is 36.4 Å². The zero-order valence-electron chi connectivity index (χ0n) is 17.8. The molecule has 3 heterocycles. The summed E-state index contributed by atoms with van der Waals surface area (Å²) in [6, 6.07) is 16.3. The lowest BCUT2D eigenvalue weighted by atomic mass is 9.96. The van der Waals surface area contributed by atoms with Crippen molar-refractivity contribution in [2.45, 2.75) is 39.2 Å². The Morgan fingerprint density at radius 2 is 1.88 bits per heavy atom. The lowest BCUT2D eigenvalue weighted by Crippen LogP contribution is -2.26. The Morgan fingerprint density at radius 3 is 2.62 bits per heavy atom. The molecule has 0 bridgehead atoms. The Morgan fingerprint density at radius 1 is 1.06 bits per heavy atom. The molecule has 8 heteroatoms. The lowest BCUT2D eigenvalue weighted by molar-refractivity contribution is 0.730. The fraction of sp³-hybridized carbons (Fsp3) is 0.250. The van der Waals surface area contributed by atoms with Crippen LogP contribution in [0.5, 0.6) is 0 Å². The van der Waals surface area contributed by atoms with Gasteiger partial charge in [-0.25, -0.2) is 15.1 Å².